The Morgan fingerprint density at radius 3 is 2.50 bits per heavy atom. The smallest absolute Gasteiger partial charge is 0.335 e. The second-order valence-corrected chi connectivity index (χ2v) is 4.70. The molecule has 2 rings (SSSR count). The lowest BCUT2D eigenvalue weighted by atomic mass is 10.2. The van der Waals surface area contributed by atoms with E-state index in [1.165, 1.54) is 12.1 Å². The fourth-order valence-corrected chi connectivity index (χ4v) is 1.94. The molecule has 2 aromatic rings. The molecule has 0 bridgehead atoms. The van der Waals surface area contributed by atoms with Crippen molar-refractivity contribution in [2.24, 2.45) is 0 Å². The van der Waals surface area contributed by atoms with Gasteiger partial charge in [0.2, 0.25) is 0 Å². The summed E-state index contributed by atoms with van der Waals surface area (Å²) >= 11 is 0. The second kappa shape index (κ2) is 7.26. The van der Waals surface area contributed by atoms with E-state index in [0.717, 1.165) is 0 Å². The van der Waals surface area contributed by atoms with Crippen LogP contribution in [0, 0.1) is 0 Å². The number of carboxylic acids is 1. The van der Waals surface area contributed by atoms with Gasteiger partial charge in [0.15, 0.2) is 6.10 Å². The molecule has 2 aromatic carbocycles. The lowest BCUT2D eigenvalue weighted by molar-refractivity contribution is -0.122. The Bertz CT molecular complexity index is 655. The van der Waals surface area contributed by atoms with E-state index in [1.807, 2.05) is 25.1 Å². The standard InChI is InChI=1S/C17H17NO4/c1-2-15(22-14-9-4-3-5-10-14)16(19)18-13-8-6-7-12(11-13)17(20)21/h3-11,15H,2H2,1H3,(H,18,19)(H,20,21). The number of anilines is 1. The minimum Gasteiger partial charge on any atom is -0.481 e. The van der Waals surface area contributed by atoms with E-state index in [-0.39, 0.29) is 11.5 Å². The molecule has 5 nitrogen and oxygen atoms in total. The Labute approximate surface area is 128 Å². The van der Waals surface area contributed by atoms with Crippen molar-refractivity contribution in [3.63, 3.8) is 0 Å². The zero-order valence-electron chi connectivity index (χ0n) is 12.2. The van der Waals surface area contributed by atoms with Gasteiger partial charge in [0, 0.05) is 5.69 Å². The first-order chi connectivity index (χ1) is 10.6. The molecule has 0 spiro atoms. The summed E-state index contributed by atoms with van der Waals surface area (Å²) in [5.41, 5.74) is 0.551. The van der Waals surface area contributed by atoms with E-state index in [9.17, 15) is 9.59 Å². The molecule has 0 fully saturated rings. The first kappa shape index (κ1) is 15.6. The maximum atomic E-state index is 12.2. The van der Waals surface area contributed by atoms with Gasteiger partial charge in [-0.05, 0) is 36.8 Å². The van der Waals surface area contributed by atoms with Crippen LogP contribution in [0.5, 0.6) is 5.75 Å². The Hall–Kier alpha value is -2.82. The zero-order chi connectivity index (χ0) is 15.9. The van der Waals surface area contributed by atoms with Crippen LogP contribution in [0.25, 0.3) is 0 Å². The molecule has 5 heteroatoms. The summed E-state index contributed by atoms with van der Waals surface area (Å²) in [6.07, 6.45) is -0.143. The van der Waals surface area contributed by atoms with Crippen LogP contribution >= 0.6 is 0 Å². The lowest BCUT2D eigenvalue weighted by Crippen LogP contribution is -2.32. The number of amides is 1. The summed E-state index contributed by atoms with van der Waals surface area (Å²) in [5, 5.41) is 11.6. The van der Waals surface area contributed by atoms with Gasteiger partial charge in [-0.1, -0.05) is 31.2 Å². The topological polar surface area (TPSA) is 75.6 Å². The SMILES string of the molecule is CCC(Oc1ccccc1)C(=O)Nc1cccc(C(=O)O)c1. The quantitative estimate of drug-likeness (QED) is 0.859. The third kappa shape index (κ3) is 4.09. The highest BCUT2D eigenvalue weighted by atomic mass is 16.5. The molecule has 1 amide bonds. The van der Waals surface area contributed by atoms with Crippen LogP contribution < -0.4 is 10.1 Å². The number of nitrogens with one attached hydrogen (secondary N) is 1. The van der Waals surface area contributed by atoms with Crippen molar-refractivity contribution in [3.05, 3.63) is 60.2 Å². The highest BCUT2D eigenvalue weighted by Crippen LogP contribution is 2.15. The fourth-order valence-electron chi connectivity index (χ4n) is 1.94. The van der Waals surface area contributed by atoms with Gasteiger partial charge < -0.3 is 15.2 Å². The number of rotatable bonds is 6. The van der Waals surface area contributed by atoms with Crippen molar-refractivity contribution in [3.8, 4) is 5.75 Å². The van der Waals surface area contributed by atoms with Crippen molar-refractivity contribution in [2.45, 2.75) is 19.4 Å². The first-order valence-corrected chi connectivity index (χ1v) is 6.96. The van der Waals surface area contributed by atoms with Crippen molar-refractivity contribution < 1.29 is 19.4 Å². The number of hydrogen-bond acceptors (Lipinski definition) is 3. The molecule has 0 heterocycles. The van der Waals surface area contributed by atoms with Crippen LogP contribution in [-0.2, 0) is 4.79 Å². The van der Waals surface area contributed by atoms with Crippen LogP contribution in [0.2, 0.25) is 0 Å². The highest BCUT2D eigenvalue weighted by Gasteiger charge is 2.18. The van der Waals surface area contributed by atoms with Crippen LogP contribution in [0.3, 0.4) is 0 Å². The first-order valence-electron chi connectivity index (χ1n) is 6.96. The molecule has 2 N–H and O–H groups in total. The lowest BCUT2D eigenvalue weighted by Gasteiger charge is -2.17. The molecular weight excluding hydrogens is 282 g/mol. The molecule has 0 aliphatic carbocycles. The molecule has 0 aliphatic heterocycles. The average Bonchev–Trinajstić information content (AvgIpc) is 2.53. The summed E-state index contributed by atoms with van der Waals surface area (Å²) in [4.78, 5) is 23.2. The molecule has 0 aromatic heterocycles. The van der Waals surface area contributed by atoms with Gasteiger partial charge in [0.25, 0.3) is 5.91 Å². The zero-order valence-corrected chi connectivity index (χ0v) is 12.2. The molecule has 0 saturated carbocycles. The average molecular weight is 299 g/mol. The van der Waals surface area contributed by atoms with Gasteiger partial charge >= 0.3 is 5.97 Å². The number of para-hydroxylation sites is 1. The Kier molecular flexibility index (Phi) is 5.14. The van der Waals surface area contributed by atoms with Gasteiger partial charge in [0.1, 0.15) is 5.75 Å². The molecule has 0 saturated heterocycles. The largest absolute Gasteiger partial charge is 0.481 e. The van der Waals surface area contributed by atoms with Crippen molar-refractivity contribution in [1.29, 1.82) is 0 Å². The predicted molar refractivity (Wildman–Crippen MR) is 83.2 cm³/mol. The third-order valence-corrected chi connectivity index (χ3v) is 3.06. The Morgan fingerprint density at radius 2 is 1.86 bits per heavy atom. The van der Waals surface area contributed by atoms with E-state index in [2.05, 4.69) is 5.32 Å². The fraction of sp³-hybridized carbons (Fsp3) is 0.176. The van der Waals surface area contributed by atoms with Crippen molar-refractivity contribution in [2.75, 3.05) is 5.32 Å². The molecule has 1 unspecified atom stereocenters. The van der Waals surface area contributed by atoms with Crippen molar-refractivity contribution in [1.82, 2.24) is 0 Å². The number of hydrogen-bond donors (Lipinski definition) is 2. The molecular formula is C17H17NO4. The van der Waals surface area contributed by atoms with E-state index in [4.69, 9.17) is 9.84 Å². The highest BCUT2D eigenvalue weighted by molar-refractivity contribution is 5.96. The monoisotopic (exact) mass is 299 g/mol. The number of ether oxygens (including phenoxy) is 1. The summed E-state index contributed by atoms with van der Waals surface area (Å²) in [5.74, 6) is -0.735. The van der Waals surface area contributed by atoms with Gasteiger partial charge in [-0.15, -0.1) is 0 Å². The molecule has 0 aliphatic rings. The number of aromatic carboxylic acids is 1. The number of benzene rings is 2. The van der Waals surface area contributed by atoms with Gasteiger partial charge in [0.05, 0.1) is 5.56 Å². The minimum atomic E-state index is -1.04. The predicted octanol–water partition coefficient (Wildman–Crippen LogP) is 3.18. The van der Waals surface area contributed by atoms with E-state index < -0.39 is 12.1 Å². The molecule has 0 radical (unpaired) electrons. The van der Waals surface area contributed by atoms with Crippen molar-refractivity contribution >= 4 is 17.6 Å². The van der Waals surface area contributed by atoms with Gasteiger partial charge in [-0.25, -0.2) is 4.79 Å². The molecule has 1 atom stereocenters. The normalized spacial score (nSPS) is 11.5. The Balaban J connectivity index is 2.06. The second-order valence-electron chi connectivity index (χ2n) is 4.70. The summed E-state index contributed by atoms with van der Waals surface area (Å²) in [6.45, 7) is 1.85. The number of carbonyl (C=O) groups is 2. The summed E-state index contributed by atoms with van der Waals surface area (Å²) in [7, 11) is 0. The van der Waals surface area contributed by atoms with Crippen LogP contribution in [0.15, 0.2) is 54.6 Å². The Morgan fingerprint density at radius 1 is 1.14 bits per heavy atom. The van der Waals surface area contributed by atoms with Crippen LogP contribution in [-0.4, -0.2) is 23.1 Å². The summed E-state index contributed by atoms with van der Waals surface area (Å²) < 4.78 is 5.65. The number of carbonyl (C=O) groups excluding carboxylic acids is 1. The number of carboxylic acid groups (broad SMARTS) is 1. The molecule has 22 heavy (non-hydrogen) atoms. The summed E-state index contributed by atoms with van der Waals surface area (Å²) in [6, 6.07) is 15.2. The van der Waals surface area contributed by atoms with Gasteiger partial charge in [-0.2, -0.15) is 0 Å². The maximum absolute atomic E-state index is 12.2. The van der Waals surface area contributed by atoms with Crippen LogP contribution in [0.1, 0.15) is 23.7 Å². The van der Waals surface area contributed by atoms with E-state index >= 15 is 0 Å². The third-order valence-electron chi connectivity index (χ3n) is 3.06. The van der Waals surface area contributed by atoms with E-state index in [0.29, 0.717) is 17.9 Å². The maximum Gasteiger partial charge on any atom is 0.335 e. The minimum absolute atomic E-state index is 0.120. The van der Waals surface area contributed by atoms with Gasteiger partial charge in [-0.3, -0.25) is 4.79 Å². The molecule has 114 valence electrons. The van der Waals surface area contributed by atoms with Crippen LogP contribution in [0.4, 0.5) is 5.69 Å². The van der Waals surface area contributed by atoms with E-state index in [1.54, 1.807) is 24.3 Å².